The van der Waals surface area contributed by atoms with Gasteiger partial charge in [-0.05, 0) is 24.3 Å². The molecule has 0 spiro atoms. The van der Waals surface area contributed by atoms with Crippen LogP contribution in [0.25, 0.3) is 45.2 Å². The third-order valence-corrected chi connectivity index (χ3v) is 5.37. The summed E-state index contributed by atoms with van der Waals surface area (Å²) in [4.78, 5) is 13.8. The van der Waals surface area contributed by atoms with Crippen LogP contribution in [0.5, 0.6) is 11.5 Å². The van der Waals surface area contributed by atoms with Gasteiger partial charge >= 0.3 is 0 Å². The summed E-state index contributed by atoms with van der Waals surface area (Å²) < 4.78 is 5.16. The second-order valence-corrected chi connectivity index (χ2v) is 7.73. The fourth-order valence-corrected chi connectivity index (χ4v) is 3.54. The first-order valence-electron chi connectivity index (χ1n) is 11.2. The van der Waals surface area contributed by atoms with Crippen LogP contribution in [0.15, 0.2) is 103 Å². The maximum Gasteiger partial charge on any atom is 0.167 e. The van der Waals surface area contributed by atoms with E-state index in [0.717, 1.165) is 22.2 Å². The van der Waals surface area contributed by atoms with Crippen molar-refractivity contribution in [2.75, 3.05) is 7.11 Å². The van der Waals surface area contributed by atoms with Crippen LogP contribution in [-0.4, -0.2) is 42.6 Å². The predicted octanol–water partition coefficient (Wildman–Crippen LogP) is 5.54. The Hall–Kier alpha value is -5.11. The maximum atomic E-state index is 10.4. The summed E-state index contributed by atoms with van der Waals surface area (Å²) >= 11 is 0. The van der Waals surface area contributed by atoms with Crippen molar-refractivity contribution >= 4 is 11.0 Å². The van der Waals surface area contributed by atoms with Gasteiger partial charge in [-0.25, -0.2) is 15.0 Å². The lowest BCUT2D eigenvalue weighted by atomic mass is 10.1. The minimum atomic E-state index is 0.0542. The van der Waals surface area contributed by atoms with Gasteiger partial charge in [0.1, 0.15) is 22.5 Å². The van der Waals surface area contributed by atoms with Crippen molar-refractivity contribution in [1.29, 1.82) is 0 Å². The number of nitrogens with zero attached hydrogens (tertiary/aromatic N) is 5. The van der Waals surface area contributed by atoms with Crippen LogP contribution in [-0.2, 0) is 0 Å². The van der Waals surface area contributed by atoms with Crippen LogP contribution in [0.3, 0.4) is 0 Å². The average Bonchev–Trinajstić information content (AvgIpc) is 3.43. The van der Waals surface area contributed by atoms with Gasteiger partial charge in [0, 0.05) is 17.2 Å². The fraction of sp³-hybridized carbons (Fsp3) is 0.0357. The molecule has 0 saturated carbocycles. The van der Waals surface area contributed by atoms with E-state index in [0.29, 0.717) is 28.8 Å². The summed E-state index contributed by atoms with van der Waals surface area (Å²) in [7, 11) is 1.55. The lowest BCUT2D eigenvalue weighted by Crippen LogP contribution is -2.00. The van der Waals surface area contributed by atoms with E-state index in [9.17, 15) is 5.11 Å². The predicted molar refractivity (Wildman–Crippen MR) is 138 cm³/mol. The number of para-hydroxylation sites is 2. The molecule has 0 amide bonds. The Bertz CT molecular complexity index is 1500. The number of benzene rings is 4. The third-order valence-electron chi connectivity index (χ3n) is 5.37. The standard InChI is InChI=1S/C22H17N3O2.C6H5N3/c1-27-17-12-13-18(19(26)14-17)22-24-20(15-8-4-2-5-9-15)23-21(25-22)16-10-6-3-7-11-16;1-2-4-6-5(3-1)7-9-8-6/h2-14,26H,1H3;1-4H,(H,7,8,9). The largest absolute Gasteiger partial charge is 0.507 e. The average molecular weight is 475 g/mol. The van der Waals surface area contributed by atoms with Gasteiger partial charge in [-0.15, -0.1) is 0 Å². The highest BCUT2D eigenvalue weighted by Gasteiger charge is 2.15. The number of ether oxygens (including phenoxy) is 1. The zero-order chi connectivity index (χ0) is 24.7. The lowest BCUT2D eigenvalue weighted by Gasteiger charge is -2.10. The van der Waals surface area contributed by atoms with Crippen LogP contribution in [0.2, 0.25) is 0 Å². The normalized spacial score (nSPS) is 10.5. The van der Waals surface area contributed by atoms with E-state index in [1.54, 1.807) is 25.3 Å². The Balaban J connectivity index is 0.000000247. The molecular formula is C28H22N6O2. The molecular weight excluding hydrogens is 452 g/mol. The molecule has 0 aliphatic carbocycles. The first kappa shape index (κ1) is 22.7. The number of rotatable bonds is 4. The SMILES string of the molecule is COc1ccc(-c2nc(-c3ccccc3)nc(-c3ccccc3)n2)c(O)c1.c1ccc2n[nH]nc2c1. The number of hydrogen-bond donors (Lipinski definition) is 2. The van der Waals surface area contributed by atoms with Crippen molar-refractivity contribution in [3.8, 4) is 45.7 Å². The molecule has 0 bridgehead atoms. The molecule has 8 nitrogen and oxygen atoms in total. The van der Waals surface area contributed by atoms with E-state index in [4.69, 9.17) is 4.74 Å². The molecule has 2 N–H and O–H groups in total. The maximum absolute atomic E-state index is 10.4. The number of methoxy groups -OCH3 is 1. The highest BCUT2D eigenvalue weighted by Crippen LogP contribution is 2.32. The number of nitrogens with one attached hydrogen (secondary N) is 1. The summed E-state index contributed by atoms with van der Waals surface area (Å²) in [6.45, 7) is 0. The van der Waals surface area contributed by atoms with Crippen molar-refractivity contribution < 1.29 is 9.84 Å². The van der Waals surface area contributed by atoms with E-state index in [1.807, 2.05) is 84.9 Å². The van der Waals surface area contributed by atoms with Crippen LogP contribution in [0.1, 0.15) is 0 Å². The quantitative estimate of drug-likeness (QED) is 0.345. The van der Waals surface area contributed by atoms with E-state index >= 15 is 0 Å². The number of aromatic nitrogens is 6. The molecule has 6 aromatic rings. The molecule has 0 unspecified atom stereocenters. The van der Waals surface area contributed by atoms with E-state index in [2.05, 4.69) is 30.4 Å². The molecule has 4 aromatic carbocycles. The molecule has 0 fully saturated rings. The first-order valence-corrected chi connectivity index (χ1v) is 11.2. The molecule has 6 rings (SSSR count). The summed E-state index contributed by atoms with van der Waals surface area (Å²) in [6.07, 6.45) is 0. The van der Waals surface area contributed by atoms with Gasteiger partial charge in [0.05, 0.1) is 12.7 Å². The zero-order valence-corrected chi connectivity index (χ0v) is 19.4. The number of aromatic amines is 1. The molecule has 2 aromatic heterocycles. The van der Waals surface area contributed by atoms with Gasteiger partial charge in [0.2, 0.25) is 0 Å². The Kier molecular flexibility index (Phi) is 6.57. The van der Waals surface area contributed by atoms with Gasteiger partial charge < -0.3 is 9.84 Å². The van der Waals surface area contributed by atoms with Gasteiger partial charge in [0.15, 0.2) is 17.5 Å². The molecule has 0 aliphatic rings. The monoisotopic (exact) mass is 474 g/mol. The smallest absolute Gasteiger partial charge is 0.167 e. The topological polar surface area (TPSA) is 110 Å². The van der Waals surface area contributed by atoms with Crippen molar-refractivity contribution in [3.05, 3.63) is 103 Å². The second kappa shape index (κ2) is 10.4. The number of phenols is 1. The van der Waals surface area contributed by atoms with E-state index in [-0.39, 0.29) is 5.75 Å². The highest BCUT2D eigenvalue weighted by atomic mass is 16.5. The number of fused-ring (bicyclic) bond motifs is 1. The molecule has 8 heteroatoms. The van der Waals surface area contributed by atoms with Gasteiger partial charge in [0.25, 0.3) is 0 Å². The third kappa shape index (κ3) is 5.02. The fourth-order valence-electron chi connectivity index (χ4n) is 3.54. The second-order valence-electron chi connectivity index (χ2n) is 7.73. The summed E-state index contributed by atoms with van der Waals surface area (Å²) in [5.74, 6) is 2.13. The zero-order valence-electron chi connectivity index (χ0n) is 19.4. The van der Waals surface area contributed by atoms with E-state index < -0.39 is 0 Å². The number of phenolic OH excluding ortho intramolecular Hbond substituents is 1. The molecule has 0 radical (unpaired) electrons. The molecule has 0 saturated heterocycles. The Labute approximate surface area is 207 Å². The summed E-state index contributed by atoms with van der Waals surface area (Å²) in [5, 5.41) is 20.7. The minimum Gasteiger partial charge on any atom is -0.507 e. The van der Waals surface area contributed by atoms with Crippen LogP contribution < -0.4 is 4.74 Å². The van der Waals surface area contributed by atoms with Crippen molar-refractivity contribution in [2.45, 2.75) is 0 Å². The lowest BCUT2D eigenvalue weighted by molar-refractivity contribution is 0.408. The summed E-state index contributed by atoms with van der Waals surface area (Å²) in [5.41, 5.74) is 4.11. The number of aromatic hydroxyl groups is 1. The van der Waals surface area contributed by atoms with Crippen LogP contribution in [0, 0.1) is 0 Å². The Morgan fingerprint density at radius 3 is 1.61 bits per heavy atom. The molecule has 176 valence electrons. The minimum absolute atomic E-state index is 0.0542. The van der Waals surface area contributed by atoms with Gasteiger partial charge in [-0.1, -0.05) is 72.8 Å². The Morgan fingerprint density at radius 2 is 1.11 bits per heavy atom. The molecule has 36 heavy (non-hydrogen) atoms. The molecule has 2 heterocycles. The molecule has 0 aliphatic heterocycles. The first-order chi connectivity index (χ1) is 17.7. The van der Waals surface area contributed by atoms with Crippen LogP contribution >= 0.6 is 0 Å². The number of H-pyrrole nitrogens is 1. The van der Waals surface area contributed by atoms with Gasteiger partial charge in [-0.3, -0.25) is 0 Å². The molecule has 0 atom stereocenters. The van der Waals surface area contributed by atoms with Gasteiger partial charge in [-0.2, -0.15) is 15.4 Å². The van der Waals surface area contributed by atoms with Crippen molar-refractivity contribution in [3.63, 3.8) is 0 Å². The Morgan fingerprint density at radius 1 is 0.611 bits per heavy atom. The van der Waals surface area contributed by atoms with Crippen LogP contribution in [0.4, 0.5) is 0 Å². The number of hydrogen-bond acceptors (Lipinski definition) is 7. The van der Waals surface area contributed by atoms with Crippen molar-refractivity contribution in [1.82, 2.24) is 30.4 Å². The highest BCUT2D eigenvalue weighted by molar-refractivity contribution is 5.73. The van der Waals surface area contributed by atoms with Crippen molar-refractivity contribution in [2.24, 2.45) is 0 Å². The van der Waals surface area contributed by atoms with E-state index in [1.165, 1.54) is 0 Å². The summed E-state index contributed by atoms with van der Waals surface area (Å²) in [6, 6.07) is 32.2.